The molecule has 0 N–H and O–H groups in total. The highest BCUT2D eigenvalue weighted by Gasteiger charge is 2.25. The number of fused-ring (bicyclic) bond motifs is 14. The van der Waals surface area contributed by atoms with Crippen molar-refractivity contribution in [1.82, 2.24) is 33.2 Å². The maximum atomic E-state index is 5.33. The Balaban J connectivity index is 0.966. The van der Waals surface area contributed by atoms with Gasteiger partial charge in [0, 0.05) is 71.3 Å². The lowest BCUT2D eigenvalue weighted by molar-refractivity contribution is 0.953. The molecule has 16 rings (SSSR count). The van der Waals surface area contributed by atoms with E-state index in [9.17, 15) is 0 Å². The molecular formula is C69H43N7. The molecule has 7 nitrogen and oxygen atoms in total. The first-order chi connectivity index (χ1) is 37.7. The van der Waals surface area contributed by atoms with Gasteiger partial charge in [-0.15, -0.1) is 0 Å². The summed E-state index contributed by atoms with van der Waals surface area (Å²) in [6.45, 7) is 0. The molecule has 0 unspecified atom stereocenters. The van der Waals surface area contributed by atoms with Gasteiger partial charge in [0.2, 0.25) is 5.95 Å². The molecule has 0 spiro atoms. The lowest BCUT2D eigenvalue weighted by atomic mass is 10.00. The van der Waals surface area contributed by atoms with Crippen molar-refractivity contribution in [3.8, 4) is 56.9 Å². The molecule has 0 atom stereocenters. The van der Waals surface area contributed by atoms with Crippen LogP contribution in [-0.4, -0.2) is 33.2 Å². The fraction of sp³-hybridized carbons (Fsp3) is 0. The van der Waals surface area contributed by atoms with Crippen molar-refractivity contribution in [2.24, 2.45) is 0 Å². The van der Waals surface area contributed by atoms with E-state index in [2.05, 4.69) is 243 Å². The third-order valence-corrected chi connectivity index (χ3v) is 15.4. The van der Waals surface area contributed by atoms with Gasteiger partial charge in [0.15, 0.2) is 11.6 Å². The average Bonchev–Trinajstić information content (AvgIpc) is 4.40. The molecule has 0 aliphatic carbocycles. The number of hydrogen-bond acceptors (Lipinski definition) is 3. The summed E-state index contributed by atoms with van der Waals surface area (Å²) in [5, 5.41) is 9.39. The van der Waals surface area contributed by atoms with Crippen LogP contribution >= 0.6 is 0 Å². The number of nitrogens with zero attached hydrogens (tertiary/aromatic N) is 7. The molecule has 0 aliphatic heterocycles. The van der Waals surface area contributed by atoms with Crippen molar-refractivity contribution in [3.05, 3.63) is 261 Å². The zero-order valence-corrected chi connectivity index (χ0v) is 41.0. The zero-order valence-electron chi connectivity index (χ0n) is 41.0. The molecule has 0 aliphatic rings. The van der Waals surface area contributed by atoms with Gasteiger partial charge in [0.1, 0.15) is 0 Å². The van der Waals surface area contributed by atoms with E-state index in [0.717, 1.165) is 88.4 Å². The summed E-state index contributed by atoms with van der Waals surface area (Å²) in [4.78, 5) is 15.8. The van der Waals surface area contributed by atoms with E-state index < -0.39 is 0 Å². The minimum Gasteiger partial charge on any atom is -0.307 e. The first-order valence-corrected chi connectivity index (χ1v) is 25.8. The molecule has 0 amide bonds. The summed E-state index contributed by atoms with van der Waals surface area (Å²) < 4.78 is 9.60. The monoisotopic (exact) mass is 969 g/mol. The number of benzene rings is 11. The lowest BCUT2D eigenvalue weighted by Gasteiger charge is -2.13. The molecule has 0 bridgehead atoms. The van der Waals surface area contributed by atoms with Crippen molar-refractivity contribution in [2.75, 3.05) is 0 Å². The Kier molecular flexibility index (Phi) is 9.20. The minimum absolute atomic E-state index is 0.557. The minimum atomic E-state index is 0.557. The van der Waals surface area contributed by atoms with E-state index >= 15 is 0 Å². The second-order valence-electron chi connectivity index (χ2n) is 19.6. The summed E-state index contributed by atoms with van der Waals surface area (Å²) in [6.07, 6.45) is 0. The lowest BCUT2D eigenvalue weighted by Crippen LogP contribution is -2.07. The SMILES string of the molecule is c1ccc(-c2nc(-c3ccccc3)nc(-n3c4ccccc4c4ccc5c6cc(-c7ccc8c(c7)c7ccc9c%10ccccc%10n(-c%10ccccc%10)c9c7n8-c7ccccc7)ccc6n(-c6ccccc6)c5c43)n2)cc1. The topological polar surface area (TPSA) is 58.4 Å². The van der Waals surface area contributed by atoms with Crippen molar-refractivity contribution < 1.29 is 0 Å². The van der Waals surface area contributed by atoms with Gasteiger partial charge in [-0.2, -0.15) is 9.97 Å². The number of aromatic nitrogens is 7. The largest absolute Gasteiger partial charge is 0.307 e. The van der Waals surface area contributed by atoms with Crippen LogP contribution in [0.1, 0.15) is 0 Å². The van der Waals surface area contributed by atoms with E-state index in [0.29, 0.717) is 17.6 Å². The summed E-state index contributed by atoms with van der Waals surface area (Å²) in [6, 6.07) is 93.4. The Morgan fingerprint density at radius 3 is 0.934 bits per heavy atom. The maximum absolute atomic E-state index is 5.33. The predicted octanol–water partition coefficient (Wildman–Crippen LogP) is 17.3. The molecule has 76 heavy (non-hydrogen) atoms. The molecule has 354 valence electrons. The fourth-order valence-corrected chi connectivity index (χ4v) is 12.1. The van der Waals surface area contributed by atoms with Crippen LogP contribution in [0.2, 0.25) is 0 Å². The average molecular weight is 970 g/mol. The van der Waals surface area contributed by atoms with Crippen LogP contribution in [0.5, 0.6) is 0 Å². The number of hydrogen-bond donors (Lipinski definition) is 0. The van der Waals surface area contributed by atoms with Gasteiger partial charge in [-0.3, -0.25) is 4.57 Å². The fourth-order valence-electron chi connectivity index (χ4n) is 12.1. The third kappa shape index (κ3) is 6.26. The normalized spacial score (nSPS) is 11.9. The van der Waals surface area contributed by atoms with Gasteiger partial charge >= 0.3 is 0 Å². The molecule has 0 saturated heterocycles. The molecule has 0 fully saturated rings. The van der Waals surface area contributed by atoms with Crippen molar-refractivity contribution in [2.45, 2.75) is 0 Å². The summed E-state index contributed by atoms with van der Waals surface area (Å²) in [5.41, 5.74) is 16.4. The Bertz CT molecular complexity index is 4900. The molecule has 11 aromatic carbocycles. The van der Waals surface area contributed by atoms with E-state index in [-0.39, 0.29) is 0 Å². The van der Waals surface area contributed by atoms with E-state index in [4.69, 9.17) is 15.0 Å². The highest BCUT2D eigenvalue weighted by molar-refractivity contribution is 6.26. The van der Waals surface area contributed by atoms with Gasteiger partial charge in [-0.25, -0.2) is 4.98 Å². The highest BCUT2D eigenvalue weighted by atomic mass is 15.2. The third-order valence-electron chi connectivity index (χ3n) is 15.4. The van der Waals surface area contributed by atoms with Gasteiger partial charge < -0.3 is 13.7 Å². The summed E-state index contributed by atoms with van der Waals surface area (Å²) in [5.74, 6) is 1.78. The number of para-hydroxylation sites is 5. The smallest absolute Gasteiger partial charge is 0.238 e. The molecule has 0 saturated carbocycles. The first-order valence-electron chi connectivity index (χ1n) is 25.8. The molecule has 16 aromatic rings. The van der Waals surface area contributed by atoms with Crippen LogP contribution in [0, 0.1) is 0 Å². The van der Waals surface area contributed by atoms with Crippen LogP contribution in [-0.2, 0) is 0 Å². The Labute approximate surface area is 436 Å². The molecule has 5 aromatic heterocycles. The summed E-state index contributed by atoms with van der Waals surface area (Å²) in [7, 11) is 0. The summed E-state index contributed by atoms with van der Waals surface area (Å²) >= 11 is 0. The van der Waals surface area contributed by atoms with Crippen molar-refractivity contribution >= 4 is 87.2 Å². The first kappa shape index (κ1) is 42.2. The second-order valence-corrected chi connectivity index (χ2v) is 19.6. The van der Waals surface area contributed by atoms with Crippen LogP contribution in [0.4, 0.5) is 0 Å². The zero-order chi connectivity index (χ0) is 49.8. The van der Waals surface area contributed by atoms with Crippen molar-refractivity contribution in [1.29, 1.82) is 0 Å². The molecule has 0 radical (unpaired) electrons. The predicted molar refractivity (Wildman–Crippen MR) is 313 cm³/mol. The highest BCUT2D eigenvalue weighted by Crippen LogP contribution is 2.45. The Morgan fingerprint density at radius 2 is 0.526 bits per heavy atom. The van der Waals surface area contributed by atoms with E-state index in [1.807, 2.05) is 36.4 Å². The van der Waals surface area contributed by atoms with E-state index in [1.165, 1.54) is 38.1 Å². The molecular weight excluding hydrogens is 927 g/mol. The quantitative estimate of drug-likeness (QED) is 0.160. The van der Waals surface area contributed by atoms with E-state index in [1.54, 1.807) is 0 Å². The van der Waals surface area contributed by atoms with Gasteiger partial charge in [0.25, 0.3) is 0 Å². The van der Waals surface area contributed by atoms with Crippen LogP contribution in [0.3, 0.4) is 0 Å². The van der Waals surface area contributed by atoms with Crippen molar-refractivity contribution in [3.63, 3.8) is 0 Å². The molecule has 5 heterocycles. The van der Waals surface area contributed by atoms with Crippen LogP contribution in [0.25, 0.3) is 144 Å². The van der Waals surface area contributed by atoms with Gasteiger partial charge in [-0.05, 0) is 83.9 Å². The Morgan fingerprint density at radius 1 is 0.211 bits per heavy atom. The van der Waals surface area contributed by atoms with Crippen LogP contribution < -0.4 is 0 Å². The number of rotatable bonds is 7. The Hall–Kier alpha value is -10.4. The maximum Gasteiger partial charge on any atom is 0.238 e. The standard InChI is InChI=1S/C69H43N7/c1-6-20-44(21-7-1)67-70-68(45-22-8-2-9-23-45)72-69(71-67)76-60-33-19-17-31-52(60)54-37-39-56-58-43-47(35-41-62(58)75(65(56)66(54)76)50-28-14-5-15-29-50)46-34-40-61-57(42-46)55-38-36-53-51-30-16-18-32-59(51)73(48-24-10-3-11-25-48)63(53)64(55)74(61)49-26-12-4-13-27-49/h1-43H. The molecule has 7 heteroatoms. The van der Waals surface area contributed by atoms with Gasteiger partial charge in [0.05, 0.1) is 44.1 Å². The van der Waals surface area contributed by atoms with Crippen LogP contribution in [0.15, 0.2) is 261 Å². The second kappa shape index (κ2) is 16.6. The van der Waals surface area contributed by atoms with Gasteiger partial charge in [-0.1, -0.05) is 188 Å².